The van der Waals surface area contributed by atoms with Gasteiger partial charge < -0.3 is 25.0 Å². The summed E-state index contributed by atoms with van der Waals surface area (Å²) in [6.07, 6.45) is 3.18. The molecule has 0 bridgehead atoms. The fraction of sp³-hybridized carbons (Fsp3) is 0.519. The van der Waals surface area contributed by atoms with Crippen LogP contribution in [-0.4, -0.2) is 64.0 Å². The van der Waals surface area contributed by atoms with Crippen molar-refractivity contribution in [2.24, 2.45) is 0 Å². The maximum atomic E-state index is 12.7. The monoisotopic (exact) mass is 502 g/mol. The SMILES string of the molecule is CCC(CC)NC(=O)c1ccc(O)cc1OC[C@@H](O)CN1CC[C@@]2(Cc3ccccc3O2)CC1Cl. The number of carbonyl (C=O) groups excluding carboxylic acids is 1. The zero-order chi connectivity index (χ0) is 25.0. The lowest BCUT2D eigenvalue weighted by atomic mass is 9.87. The number of phenolic OH excluding ortho intramolecular Hbond substituents is 1. The van der Waals surface area contributed by atoms with E-state index >= 15 is 0 Å². The van der Waals surface area contributed by atoms with E-state index in [-0.39, 0.29) is 41.2 Å². The topological polar surface area (TPSA) is 91.3 Å². The van der Waals surface area contributed by atoms with Crippen LogP contribution in [0.3, 0.4) is 0 Å². The van der Waals surface area contributed by atoms with E-state index in [9.17, 15) is 15.0 Å². The molecule has 4 rings (SSSR count). The Morgan fingerprint density at radius 2 is 2.06 bits per heavy atom. The minimum Gasteiger partial charge on any atom is -0.508 e. The first kappa shape index (κ1) is 25.6. The number of amides is 1. The summed E-state index contributed by atoms with van der Waals surface area (Å²) in [4.78, 5) is 14.8. The number of alkyl halides is 1. The Kier molecular flexibility index (Phi) is 8.09. The molecule has 1 saturated heterocycles. The summed E-state index contributed by atoms with van der Waals surface area (Å²) in [5, 5.41) is 23.6. The van der Waals surface area contributed by atoms with Gasteiger partial charge in [-0.25, -0.2) is 0 Å². The highest BCUT2D eigenvalue weighted by atomic mass is 35.5. The molecule has 2 aromatic rings. The number of ether oxygens (including phenoxy) is 2. The smallest absolute Gasteiger partial charge is 0.255 e. The molecule has 0 aromatic heterocycles. The van der Waals surface area contributed by atoms with E-state index < -0.39 is 6.10 Å². The molecule has 1 unspecified atom stereocenters. The quantitative estimate of drug-likeness (QED) is 0.353. The van der Waals surface area contributed by atoms with Gasteiger partial charge in [-0.2, -0.15) is 0 Å². The molecule has 1 amide bonds. The molecule has 7 nitrogen and oxygen atoms in total. The number of hydrogen-bond acceptors (Lipinski definition) is 6. The van der Waals surface area contributed by atoms with Crippen LogP contribution < -0.4 is 14.8 Å². The van der Waals surface area contributed by atoms with Gasteiger partial charge in [0.15, 0.2) is 0 Å². The number of hydrogen-bond donors (Lipinski definition) is 3. The second kappa shape index (κ2) is 11.1. The third-order valence-corrected chi connectivity index (χ3v) is 7.44. The van der Waals surface area contributed by atoms with Crippen molar-refractivity contribution in [2.45, 2.75) is 69.2 Å². The number of benzene rings is 2. The van der Waals surface area contributed by atoms with Gasteiger partial charge in [0.05, 0.1) is 11.1 Å². The molecular weight excluding hydrogens is 468 g/mol. The molecule has 8 heteroatoms. The predicted octanol–water partition coefficient (Wildman–Crippen LogP) is 4.08. The van der Waals surface area contributed by atoms with E-state index in [4.69, 9.17) is 21.1 Å². The molecule has 2 aromatic carbocycles. The molecule has 1 fully saturated rings. The molecule has 35 heavy (non-hydrogen) atoms. The Morgan fingerprint density at radius 1 is 1.29 bits per heavy atom. The molecule has 0 aliphatic carbocycles. The summed E-state index contributed by atoms with van der Waals surface area (Å²) in [6.45, 7) is 5.05. The lowest BCUT2D eigenvalue weighted by Crippen LogP contribution is -2.52. The Bertz CT molecular complexity index is 1000. The van der Waals surface area contributed by atoms with Crippen LogP contribution in [-0.2, 0) is 6.42 Å². The minimum absolute atomic E-state index is 0.00622. The number of aliphatic hydroxyl groups excluding tert-OH is 1. The number of nitrogens with zero attached hydrogens (tertiary/aromatic N) is 1. The molecule has 1 spiro atoms. The van der Waals surface area contributed by atoms with Crippen molar-refractivity contribution in [3.63, 3.8) is 0 Å². The summed E-state index contributed by atoms with van der Waals surface area (Å²) >= 11 is 6.73. The van der Waals surface area contributed by atoms with Gasteiger partial charge in [0, 0.05) is 44.5 Å². The van der Waals surface area contributed by atoms with Gasteiger partial charge >= 0.3 is 0 Å². The third kappa shape index (κ3) is 6.02. The van der Waals surface area contributed by atoms with E-state index in [1.807, 2.05) is 36.9 Å². The Labute approximate surface area is 212 Å². The number of halogens is 1. The second-order valence-electron chi connectivity index (χ2n) is 9.59. The van der Waals surface area contributed by atoms with Crippen molar-refractivity contribution in [3.8, 4) is 17.2 Å². The van der Waals surface area contributed by atoms with E-state index in [1.165, 1.54) is 23.8 Å². The molecule has 3 N–H and O–H groups in total. The number of aliphatic hydroxyl groups is 1. The van der Waals surface area contributed by atoms with Crippen LogP contribution in [0.25, 0.3) is 0 Å². The van der Waals surface area contributed by atoms with E-state index in [2.05, 4.69) is 11.4 Å². The third-order valence-electron chi connectivity index (χ3n) is 7.01. The van der Waals surface area contributed by atoms with Gasteiger partial charge in [-0.05, 0) is 36.6 Å². The van der Waals surface area contributed by atoms with Crippen LogP contribution in [0.15, 0.2) is 42.5 Å². The van der Waals surface area contributed by atoms with E-state index in [0.717, 1.165) is 31.4 Å². The largest absolute Gasteiger partial charge is 0.508 e. The number of rotatable bonds is 9. The number of phenols is 1. The Morgan fingerprint density at radius 3 is 2.77 bits per heavy atom. The van der Waals surface area contributed by atoms with Gasteiger partial charge in [-0.15, -0.1) is 11.6 Å². The first-order chi connectivity index (χ1) is 16.8. The van der Waals surface area contributed by atoms with Crippen molar-refractivity contribution < 1.29 is 24.5 Å². The lowest BCUT2D eigenvalue weighted by molar-refractivity contribution is -0.0124. The molecule has 2 aliphatic rings. The number of nitrogens with one attached hydrogen (secondary N) is 1. The maximum absolute atomic E-state index is 12.7. The van der Waals surface area contributed by atoms with Gasteiger partial charge in [0.2, 0.25) is 0 Å². The maximum Gasteiger partial charge on any atom is 0.255 e. The summed E-state index contributed by atoms with van der Waals surface area (Å²) in [5.74, 6) is 0.911. The number of piperidine rings is 1. The first-order valence-corrected chi connectivity index (χ1v) is 12.9. The standard InChI is InChI=1S/C27H35ClN2O5/c1-3-19(4-2)29-26(33)22-10-9-20(31)13-24(22)34-17-21(32)16-30-12-11-27(15-25(30)28)14-18-7-5-6-8-23(18)35-27/h5-10,13,19,21,25,31-32H,3-4,11-12,14-17H2,1-2H3,(H,29,33)/t21-,25?,27+/m0/s1. The highest BCUT2D eigenvalue weighted by Gasteiger charge is 2.45. The van der Waals surface area contributed by atoms with Gasteiger partial charge in [0.1, 0.15) is 35.6 Å². The van der Waals surface area contributed by atoms with Crippen molar-refractivity contribution >= 4 is 17.5 Å². The summed E-state index contributed by atoms with van der Waals surface area (Å²) in [5.41, 5.74) is 0.991. The van der Waals surface area contributed by atoms with Crippen LogP contribution in [0.4, 0.5) is 0 Å². The van der Waals surface area contributed by atoms with Crippen molar-refractivity contribution in [2.75, 3.05) is 19.7 Å². The minimum atomic E-state index is -0.815. The molecule has 2 heterocycles. The molecule has 0 saturated carbocycles. The van der Waals surface area contributed by atoms with E-state index in [0.29, 0.717) is 25.1 Å². The van der Waals surface area contributed by atoms with E-state index in [1.54, 1.807) is 0 Å². The van der Waals surface area contributed by atoms with Gasteiger partial charge in [-0.3, -0.25) is 9.69 Å². The zero-order valence-electron chi connectivity index (χ0n) is 20.4. The zero-order valence-corrected chi connectivity index (χ0v) is 21.1. The lowest BCUT2D eigenvalue weighted by Gasteiger charge is -2.42. The van der Waals surface area contributed by atoms with Crippen molar-refractivity contribution in [3.05, 3.63) is 53.6 Å². The highest BCUT2D eigenvalue weighted by Crippen LogP contribution is 2.43. The van der Waals surface area contributed by atoms with Crippen LogP contribution >= 0.6 is 11.6 Å². The number of aromatic hydroxyl groups is 1. The van der Waals surface area contributed by atoms with Crippen LogP contribution in [0.2, 0.25) is 0 Å². The van der Waals surface area contributed by atoms with Gasteiger partial charge in [-0.1, -0.05) is 32.0 Å². The predicted molar refractivity (Wildman–Crippen MR) is 135 cm³/mol. The highest BCUT2D eigenvalue weighted by molar-refractivity contribution is 6.20. The molecule has 3 atom stereocenters. The van der Waals surface area contributed by atoms with Crippen molar-refractivity contribution in [1.82, 2.24) is 10.2 Å². The number of likely N-dealkylation sites (tertiary alicyclic amines) is 1. The Hall–Kier alpha value is -2.48. The van der Waals surface area contributed by atoms with Crippen molar-refractivity contribution in [1.29, 1.82) is 0 Å². The summed E-state index contributed by atoms with van der Waals surface area (Å²) in [7, 11) is 0. The van der Waals surface area contributed by atoms with Crippen LogP contribution in [0.1, 0.15) is 55.5 Å². The number of para-hydroxylation sites is 1. The second-order valence-corrected chi connectivity index (χ2v) is 10.1. The molecule has 0 radical (unpaired) electrons. The number of fused-ring (bicyclic) bond motifs is 1. The summed E-state index contributed by atoms with van der Waals surface area (Å²) in [6, 6.07) is 12.6. The number of carbonyl (C=O) groups is 1. The molecular formula is C27H35ClN2O5. The Balaban J connectivity index is 1.32. The van der Waals surface area contributed by atoms with Gasteiger partial charge in [0.25, 0.3) is 5.91 Å². The number of β-amino-alcohol motifs (C(OH)–C–C–N with tert-alkyl or cyclic N) is 1. The summed E-state index contributed by atoms with van der Waals surface area (Å²) < 4.78 is 12.1. The average Bonchev–Trinajstić information content (AvgIpc) is 3.20. The molecule has 190 valence electrons. The fourth-order valence-electron chi connectivity index (χ4n) is 4.93. The average molecular weight is 503 g/mol. The van der Waals surface area contributed by atoms with Crippen LogP contribution in [0.5, 0.6) is 17.2 Å². The first-order valence-electron chi connectivity index (χ1n) is 12.4. The van der Waals surface area contributed by atoms with Crippen LogP contribution in [0, 0.1) is 0 Å². The molecule has 2 aliphatic heterocycles. The fourth-order valence-corrected chi connectivity index (χ4v) is 5.39. The normalized spacial score (nSPS) is 22.6.